The van der Waals surface area contributed by atoms with Crippen molar-refractivity contribution < 1.29 is 14.3 Å². The summed E-state index contributed by atoms with van der Waals surface area (Å²) < 4.78 is 7.58. The third kappa shape index (κ3) is 6.35. The van der Waals surface area contributed by atoms with E-state index < -0.39 is 0 Å². The molecule has 1 aromatic heterocycles. The number of para-hydroxylation sites is 1. The fourth-order valence-corrected chi connectivity index (χ4v) is 5.33. The standard InChI is InChI=1S/C27H33N3O3S/c1-2-33-22-14-12-20(13-15-22)27(32)28-16-17-30-18-25(23-10-6-7-11-24(23)30)34-19-26(31)29-21-8-4-3-5-9-21/h6-7,10-15,18,21H,2-5,8-9,16-17,19H2,1H3,(H,28,32)(H,29,31). The highest BCUT2D eigenvalue weighted by atomic mass is 32.2. The molecule has 0 radical (unpaired) electrons. The van der Waals surface area contributed by atoms with Crippen molar-refractivity contribution in [3.8, 4) is 5.75 Å². The number of nitrogens with zero attached hydrogens (tertiary/aromatic N) is 1. The fourth-order valence-electron chi connectivity index (χ4n) is 4.43. The summed E-state index contributed by atoms with van der Waals surface area (Å²) in [6, 6.07) is 15.7. The number of carbonyl (C=O) groups excluding carboxylic acids is 2. The molecule has 180 valence electrons. The fraction of sp³-hybridized carbons (Fsp3) is 0.407. The Morgan fingerprint density at radius 2 is 1.82 bits per heavy atom. The summed E-state index contributed by atoms with van der Waals surface area (Å²) >= 11 is 1.58. The van der Waals surface area contributed by atoms with E-state index in [1.807, 2.05) is 31.2 Å². The highest BCUT2D eigenvalue weighted by Gasteiger charge is 2.17. The summed E-state index contributed by atoms with van der Waals surface area (Å²) in [6.07, 6.45) is 7.98. The van der Waals surface area contributed by atoms with Gasteiger partial charge in [-0.05, 0) is 50.1 Å². The van der Waals surface area contributed by atoms with Crippen molar-refractivity contribution in [2.75, 3.05) is 18.9 Å². The van der Waals surface area contributed by atoms with Gasteiger partial charge in [-0.1, -0.05) is 37.5 Å². The van der Waals surface area contributed by atoms with Gasteiger partial charge in [0.05, 0.1) is 12.4 Å². The average molecular weight is 480 g/mol. The number of hydrogen-bond donors (Lipinski definition) is 2. The molecule has 6 nitrogen and oxygen atoms in total. The third-order valence-electron chi connectivity index (χ3n) is 6.15. The predicted octanol–water partition coefficient (Wildman–Crippen LogP) is 5.01. The molecule has 7 heteroatoms. The molecule has 0 unspecified atom stereocenters. The largest absolute Gasteiger partial charge is 0.494 e. The molecule has 1 saturated carbocycles. The van der Waals surface area contributed by atoms with Gasteiger partial charge in [-0.3, -0.25) is 9.59 Å². The Morgan fingerprint density at radius 1 is 1.06 bits per heavy atom. The molecule has 0 aliphatic heterocycles. The summed E-state index contributed by atoms with van der Waals surface area (Å²) in [4.78, 5) is 26.1. The number of thioether (sulfide) groups is 1. The highest BCUT2D eigenvalue weighted by Crippen LogP contribution is 2.30. The zero-order valence-electron chi connectivity index (χ0n) is 19.7. The number of hydrogen-bond acceptors (Lipinski definition) is 4. The Morgan fingerprint density at radius 3 is 2.59 bits per heavy atom. The van der Waals surface area contributed by atoms with Crippen molar-refractivity contribution in [3.63, 3.8) is 0 Å². The molecule has 2 aromatic carbocycles. The number of aromatic nitrogens is 1. The van der Waals surface area contributed by atoms with Gasteiger partial charge >= 0.3 is 0 Å². The van der Waals surface area contributed by atoms with Crippen molar-refractivity contribution in [1.82, 2.24) is 15.2 Å². The molecule has 1 fully saturated rings. The third-order valence-corrected chi connectivity index (χ3v) is 7.19. The summed E-state index contributed by atoms with van der Waals surface area (Å²) in [5.41, 5.74) is 1.72. The van der Waals surface area contributed by atoms with E-state index in [0.717, 1.165) is 34.4 Å². The highest BCUT2D eigenvalue weighted by molar-refractivity contribution is 8.00. The molecular formula is C27H33N3O3S. The van der Waals surface area contributed by atoms with Crippen molar-refractivity contribution in [2.24, 2.45) is 0 Å². The Balaban J connectivity index is 1.33. The van der Waals surface area contributed by atoms with Gasteiger partial charge in [0.1, 0.15) is 5.75 Å². The minimum Gasteiger partial charge on any atom is -0.494 e. The Bertz CT molecular complexity index is 1100. The molecule has 2 N–H and O–H groups in total. The lowest BCUT2D eigenvalue weighted by atomic mass is 9.95. The van der Waals surface area contributed by atoms with Crippen LogP contribution in [0.1, 0.15) is 49.4 Å². The molecule has 1 aliphatic carbocycles. The minimum atomic E-state index is -0.103. The first-order valence-corrected chi connectivity index (χ1v) is 13.1. The van der Waals surface area contributed by atoms with Crippen molar-refractivity contribution in [2.45, 2.75) is 56.5 Å². The van der Waals surface area contributed by atoms with Gasteiger partial charge < -0.3 is 19.9 Å². The van der Waals surface area contributed by atoms with Crippen LogP contribution in [0.2, 0.25) is 0 Å². The minimum absolute atomic E-state index is 0.103. The van der Waals surface area contributed by atoms with Crippen molar-refractivity contribution in [1.29, 1.82) is 0 Å². The molecule has 4 rings (SSSR count). The zero-order valence-corrected chi connectivity index (χ0v) is 20.5. The quantitative estimate of drug-likeness (QED) is 0.401. The molecule has 1 heterocycles. The van der Waals surface area contributed by atoms with Crippen LogP contribution in [0.15, 0.2) is 59.6 Å². The maximum atomic E-state index is 12.5. The maximum Gasteiger partial charge on any atom is 0.251 e. The topological polar surface area (TPSA) is 72.4 Å². The summed E-state index contributed by atoms with van der Waals surface area (Å²) in [5, 5.41) is 7.33. The van der Waals surface area contributed by atoms with Crippen molar-refractivity contribution in [3.05, 3.63) is 60.3 Å². The van der Waals surface area contributed by atoms with Gasteiger partial charge in [0, 0.05) is 46.7 Å². The predicted molar refractivity (Wildman–Crippen MR) is 138 cm³/mol. The number of rotatable bonds is 10. The Hall–Kier alpha value is -2.93. The van der Waals surface area contributed by atoms with Crippen molar-refractivity contribution >= 4 is 34.5 Å². The first-order valence-electron chi connectivity index (χ1n) is 12.1. The lowest BCUT2D eigenvalue weighted by molar-refractivity contribution is -0.119. The van der Waals surface area contributed by atoms with Crippen LogP contribution in [0, 0.1) is 0 Å². The number of nitrogens with one attached hydrogen (secondary N) is 2. The molecule has 0 bridgehead atoms. The normalized spacial score (nSPS) is 14.1. The second-order valence-corrected chi connectivity index (χ2v) is 9.63. The average Bonchev–Trinajstić information content (AvgIpc) is 3.22. The first kappa shape index (κ1) is 24.2. The lowest BCUT2D eigenvalue weighted by Gasteiger charge is -2.22. The van der Waals surface area contributed by atoms with E-state index in [2.05, 4.69) is 33.5 Å². The van der Waals surface area contributed by atoms with Gasteiger partial charge in [-0.25, -0.2) is 0 Å². The smallest absolute Gasteiger partial charge is 0.251 e. The van der Waals surface area contributed by atoms with E-state index >= 15 is 0 Å². The molecule has 0 atom stereocenters. The van der Waals surface area contributed by atoms with E-state index in [-0.39, 0.29) is 11.8 Å². The van der Waals surface area contributed by atoms with E-state index in [0.29, 0.717) is 37.1 Å². The van der Waals surface area contributed by atoms with Gasteiger partial charge in [0.25, 0.3) is 5.91 Å². The van der Waals surface area contributed by atoms with E-state index in [1.54, 1.807) is 23.9 Å². The number of fused-ring (bicyclic) bond motifs is 1. The molecule has 2 amide bonds. The second kappa shape index (κ2) is 12.0. The van der Waals surface area contributed by atoms with Crippen LogP contribution in [0.5, 0.6) is 5.75 Å². The van der Waals surface area contributed by atoms with E-state index in [9.17, 15) is 9.59 Å². The molecule has 3 aromatic rings. The Kier molecular flexibility index (Phi) is 8.52. The molecule has 34 heavy (non-hydrogen) atoms. The van der Waals surface area contributed by atoms with Gasteiger partial charge in [0.15, 0.2) is 0 Å². The first-order chi connectivity index (χ1) is 16.6. The monoisotopic (exact) mass is 479 g/mol. The molecule has 0 saturated heterocycles. The van der Waals surface area contributed by atoms with Crippen LogP contribution < -0.4 is 15.4 Å². The van der Waals surface area contributed by atoms with Crippen LogP contribution in [0.25, 0.3) is 10.9 Å². The van der Waals surface area contributed by atoms with Crippen LogP contribution in [0.4, 0.5) is 0 Å². The summed E-state index contributed by atoms with van der Waals surface area (Å²) in [7, 11) is 0. The molecular weight excluding hydrogens is 446 g/mol. The summed E-state index contributed by atoms with van der Waals surface area (Å²) in [6.45, 7) is 3.69. The molecule has 1 aliphatic rings. The van der Waals surface area contributed by atoms with Crippen LogP contribution >= 0.6 is 11.8 Å². The Labute approximate surface area is 205 Å². The number of ether oxygens (including phenoxy) is 1. The number of carbonyl (C=O) groups is 2. The van der Waals surface area contributed by atoms with Gasteiger partial charge in [-0.2, -0.15) is 0 Å². The number of benzene rings is 2. The second-order valence-electron chi connectivity index (χ2n) is 8.61. The molecule has 0 spiro atoms. The van der Waals surface area contributed by atoms with Crippen LogP contribution in [-0.4, -0.2) is 41.3 Å². The van der Waals surface area contributed by atoms with Crippen LogP contribution in [0.3, 0.4) is 0 Å². The SMILES string of the molecule is CCOc1ccc(C(=O)NCCn2cc(SCC(=O)NC3CCCCC3)c3ccccc32)cc1. The van der Waals surface area contributed by atoms with Crippen LogP contribution in [-0.2, 0) is 11.3 Å². The number of amides is 2. The lowest BCUT2D eigenvalue weighted by Crippen LogP contribution is -2.37. The summed E-state index contributed by atoms with van der Waals surface area (Å²) in [5.74, 6) is 1.18. The maximum absolute atomic E-state index is 12.5. The van der Waals surface area contributed by atoms with Gasteiger partial charge in [-0.15, -0.1) is 11.8 Å². The van der Waals surface area contributed by atoms with E-state index in [4.69, 9.17) is 4.74 Å². The van der Waals surface area contributed by atoms with E-state index in [1.165, 1.54) is 19.3 Å². The van der Waals surface area contributed by atoms with Gasteiger partial charge in [0.2, 0.25) is 5.91 Å². The zero-order chi connectivity index (χ0) is 23.8.